The van der Waals surface area contributed by atoms with Gasteiger partial charge in [0.1, 0.15) is 5.75 Å². The summed E-state index contributed by atoms with van der Waals surface area (Å²) in [6.07, 6.45) is 1.28. The lowest BCUT2D eigenvalue weighted by atomic mass is 10.1. The summed E-state index contributed by atoms with van der Waals surface area (Å²) in [6.45, 7) is 2.55. The molecule has 0 bridgehead atoms. The average Bonchev–Trinajstić information content (AvgIpc) is 3.34. The Morgan fingerprint density at radius 1 is 1.06 bits per heavy atom. The van der Waals surface area contributed by atoms with Gasteiger partial charge in [0.15, 0.2) is 6.10 Å². The number of carbonyl (C=O) groups is 2. The summed E-state index contributed by atoms with van der Waals surface area (Å²) in [5.41, 5.74) is 1.31. The molecule has 0 radical (unpaired) electrons. The lowest BCUT2D eigenvalue weighted by Crippen LogP contribution is -2.30. The van der Waals surface area contributed by atoms with Gasteiger partial charge in [-0.2, -0.15) is 4.31 Å². The number of benzene rings is 2. The summed E-state index contributed by atoms with van der Waals surface area (Å²) in [6, 6.07) is 13.4. The Kier molecular flexibility index (Phi) is 7.87. The Bertz CT molecular complexity index is 1050. The van der Waals surface area contributed by atoms with Crippen molar-refractivity contribution in [2.24, 2.45) is 0 Å². The van der Waals surface area contributed by atoms with Crippen LogP contribution in [0.5, 0.6) is 5.75 Å². The van der Waals surface area contributed by atoms with Gasteiger partial charge in [0.2, 0.25) is 10.0 Å². The predicted molar refractivity (Wildman–Crippen MR) is 120 cm³/mol. The summed E-state index contributed by atoms with van der Waals surface area (Å²) >= 11 is 0. The maximum absolute atomic E-state index is 12.6. The number of aryl methyl sites for hydroxylation is 1. The van der Waals surface area contributed by atoms with E-state index >= 15 is 0 Å². The van der Waals surface area contributed by atoms with Crippen LogP contribution in [0, 0.1) is 0 Å². The molecule has 1 N–H and O–H groups in total. The molecule has 0 aliphatic carbocycles. The number of hydrogen-bond acceptors (Lipinski definition) is 6. The molecule has 1 amide bonds. The van der Waals surface area contributed by atoms with Crippen molar-refractivity contribution in [3.8, 4) is 5.75 Å². The maximum atomic E-state index is 12.6. The zero-order valence-corrected chi connectivity index (χ0v) is 19.1. The molecule has 3 rings (SSSR count). The monoisotopic (exact) mass is 460 g/mol. The topological polar surface area (TPSA) is 102 Å². The van der Waals surface area contributed by atoms with Crippen molar-refractivity contribution in [1.82, 2.24) is 4.31 Å². The Hall–Kier alpha value is -2.91. The predicted octanol–water partition coefficient (Wildman–Crippen LogP) is 2.98. The van der Waals surface area contributed by atoms with E-state index in [1.54, 1.807) is 7.11 Å². The van der Waals surface area contributed by atoms with Gasteiger partial charge in [-0.15, -0.1) is 0 Å². The molecule has 0 saturated carbocycles. The van der Waals surface area contributed by atoms with Gasteiger partial charge in [0.05, 0.1) is 12.0 Å². The summed E-state index contributed by atoms with van der Waals surface area (Å²) < 4.78 is 37.1. The molecular formula is C23H28N2O6S. The number of para-hydroxylation sites is 1. The highest BCUT2D eigenvalue weighted by atomic mass is 32.2. The van der Waals surface area contributed by atoms with Crippen LogP contribution in [-0.2, 0) is 30.8 Å². The normalized spacial score (nSPS) is 15.2. The van der Waals surface area contributed by atoms with E-state index in [4.69, 9.17) is 9.47 Å². The van der Waals surface area contributed by atoms with E-state index in [0.29, 0.717) is 30.9 Å². The first-order valence-corrected chi connectivity index (χ1v) is 12.0. The number of rotatable bonds is 9. The molecule has 1 saturated heterocycles. The van der Waals surface area contributed by atoms with Crippen LogP contribution in [0.4, 0.5) is 5.69 Å². The molecule has 172 valence electrons. The zero-order chi connectivity index (χ0) is 23.1. The van der Waals surface area contributed by atoms with Crippen molar-refractivity contribution in [2.45, 2.75) is 43.6 Å². The average molecular weight is 461 g/mol. The third-order valence-corrected chi connectivity index (χ3v) is 7.21. The number of amides is 1. The number of hydrogen-bond donors (Lipinski definition) is 1. The number of sulfonamides is 1. The first-order chi connectivity index (χ1) is 15.3. The van der Waals surface area contributed by atoms with E-state index in [2.05, 4.69) is 5.32 Å². The van der Waals surface area contributed by atoms with Crippen LogP contribution >= 0.6 is 0 Å². The second-order valence-corrected chi connectivity index (χ2v) is 9.51. The Balaban J connectivity index is 1.51. The maximum Gasteiger partial charge on any atom is 0.306 e. The third kappa shape index (κ3) is 5.86. The zero-order valence-electron chi connectivity index (χ0n) is 18.2. The molecule has 1 atom stereocenters. The van der Waals surface area contributed by atoms with Crippen LogP contribution in [0.25, 0.3) is 0 Å². The van der Waals surface area contributed by atoms with Gasteiger partial charge in [-0.25, -0.2) is 8.42 Å². The summed E-state index contributed by atoms with van der Waals surface area (Å²) in [7, 11) is -1.94. The molecule has 1 aliphatic heterocycles. The molecule has 0 unspecified atom stereocenters. The molecule has 32 heavy (non-hydrogen) atoms. The lowest BCUT2D eigenvalue weighted by molar-refractivity contribution is -0.153. The van der Waals surface area contributed by atoms with Gasteiger partial charge in [0.25, 0.3) is 5.91 Å². The molecule has 8 nitrogen and oxygen atoms in total. The molecule has 0 spiro atoms. The van der Waals surface area contributed by atoms with E-state index < -0.39 is 28.0 Å². The molecule has 2 aromatic rings. The summed E-state index contributed by atoms with van der Waals surface area (Å²) in [5, 5.41) is 2.64. The Morgan fingerprint density at radius 2 is 1.72 bits per heavy atom. The van der Waals surface area contributed by atoms with Gasteiger partial charge in [-0.05, 0) is 62.1 Å². The van der Waals surface area contributed by atoms with E-state index in [1.165, 1.54) is 35.5 Å². The fourth-order valence-electron chi connectivity index (χ4n) is 3.49. The number of esters is 1. The number of nitrogens with zero attached hydrogens (tertiary/aromatic N) is 1. The van der Waals surface area contributed by atoms with Crippen molar-refractivity contribution in [1.29, 1.82) is 0 Å². The minimum absolute atomic E-state index is 0.112. The molecule has 1 heterocycles. The van der Waals surface area contributed by atoms with Crippen molar-refractivity contribution in [3.05, 3.63) is 54.1 Å². The molecule has 1 fully saturated rings. The fourth-order valence-corrected chi connectivity index (χ4v) is 5.00. The number of anilines is 1. The van der Waals surface area contributed by atoms with E-state index in [9.17, 15) is 18.0 Å². The van der Waals surface area contributed by atoms with E-state index in [-0.39, 0.29) is 11.3 Å². The molecule has 9 heteroatoms. The van der Waals surface area contributed by atoms with Crippen molar-refractivity contribution < 1.29 is 27.5 Å². The van der Waals surface area contributed by atoms with Crippen molar-refractivity contribution in [2.75, 3.05) is 25.5 Å². The second-order valence-electron chi connectivity index (χ2n) is 7.57. The highest BCUT2D eigenvalue weighted by Crippen LogP contribution is 2.22. The van der Waals surface area contributed by atoms with Gasteiger partial charge in [0, 0.05) is 25.2 Å². The second kappa shape index (κ2) is 10.6. The standard InChI is InChI=1S/C23H28N2O6S/c1-17(31-22(26)14-9-18-7-3-4-8-21(18)30-2)23(27)24-19-10-12-20(13-11-19)32(28,29)25-15-5-6-16-25/h3-4,7-8,10-13,17H,5-6,9,14-16H2,1-2H3,(H,24,27)/t17-/m0/s1. The largest absolute Gasteiger partial charge is 0.496 e. The number of nitrogens with one attached hydrogen (secondary N) is 1. The summed E-state index contributed by atoms with van der Waals surface area (Å²) in [4.78, 5) is 24.7. The van der Waals surface area contributed by atoms with Crippen molar-refractivity contribution in [3.63, 3.8) is 0 Å². The SMILES string of the molecule is COc1ccccc1CCC(=O)O[C@@H](C)C(=O)Nc1ccc(S(=O)(=O)N2CCCC2)cc1. The van der Waals surface area contributed by atoms with Gasteiger partial charge < -0.3 is 14.8 Å². The Labute approximate surface area is 188 Å². The van der Waals surface area contributed by atoms with Gasteiger partial charge in [-0.1, -0.05) is 18.2 Å². The molecular weight excluding hydrogens is 432 g/mol. The fraction of sp³-hybridized carbons (Fsp3) is 0.391. The van der Waals surface area contributed by atoms with Gasteiger partial charge in [-0.3, -0.25) is 9.59 Å². The van der Waals surface area contributed by atoms with Crippen LogP contribution in [0.2, 0.25) is 0 Å². The highest BCUT2D eigenvalue weighted by molar-refractivity contribution is 7.89. The summed E-state index contributed by atoms with van der Waals surface area (Å²) in [5.74, 6) is -0.294. The molecule has 0 aromatic heterocycles. The van der Waals surface area contributed by atoms with E-state index in [0.717, 1.165) is 18.4 Å². The quantitative estimate of drug-likeness (QED) is 0.577. The number of ether oxygens (including phenoxy) is 2. The highest BCUT2D eigenvalue weighted by Gasteiger charge is 2.27. The third-order valence-electron chi connectivity index (χ3n) is 5.29. The van der Waals surface area contributed by atoms with Crippen LogP contribution < -0.4 is 10.1 Å². The van der Waals surface area contributed by atoms with Crippen LogP contribution in [0.15, 0.2) is 53.4 Å². The van der Waals surface area contributed by atoms with Crippen LogP contribution in [0.3, 0.4) is 0 Å². The van der Waals surface area contributed by atoms with Crippen LogP contribution in [-0.4, -0.2) is 50.9 Å². The molecule has 2 aromatic carbocycles. The first kappa shape index (κ1) is 23.7. The first-order valence-electron chi connectivity index (χ1n) is 10.5. The lowest BCUT2D eigenvalue weighted by Gasteiger charge is -2.16. The molecule has 1 aliphatic rings. The minimum Gasteiger partial charge on any atom is -0.496 e. The minimum atomic E-state index is -3.51. The van der Waals surface area contributed by atoms with E-state index in [1.807, 2.05) is 24.3 Å². The smallest absolute Gasteiger partial charge is 0.306 e. The number of carbonyl (C=O) groups excluding carboxylic acids is 2. The Morgan fingerprint density at radius 3 is 2.38 bits per heavy atom. The number of methoxy groups -OCH3 is 1. The van der Waals surface area contributed by atoms with Crippen LogP contribution in [0.1, 0.15) is 31.7 Å². The van der Waals surface area contributed by atoms with Crippen molar-refractivity contribution >= 4 is 27.6 Å². The van der Waals surface area contributed by atoms with Gasteiger partial charge >= 0.3 is 5.97 Å².